The molecule has 2 N–H and O–H groups in total. The predicted molar refractivity (Wildman–Crippen MR) is 155 cm³/mol. The Morgan fingerprint density at radius 3 is 2.63 bits per heavy atom. The fraction of sp³-hybridized carbons (Fsp3) is 0.345. The van der Waals surface area contributed by atoms with Crippen molar-refractivity contribution in [3.8, 4) is 22.9 Å². The summed E-state index contributed by atoms with van der Waals surface area (Å²) in [6.45, 7) is 5.41. The third-order valence-electron chi connectivity index (χ3n) is 6.12. The Bertz CT molecular complexity index is 1450. The van der Waals surface area contributed by atoms with Crippen molar-refractivity contribution in [2.45, 2.75) is 19.8 Å². The van der Waals surface area contributed by atoms with Gasteiger partial charge in [0, 0.05) is 53.6 Å². The number of hydrogen-bond acceptors (Lipinski definition) is 8. The van der Waals surface area contributed by atoms with E-state index >= 15 is 0 Å². The summed E-state index contributed by atoms with van der Waals surface area (Å²) >= 11 is 6.05. The maximum atomic E-state index is 14.5. The number of likely N-dealkylation sites (N-methyl/N-ethyl adjacent to an activating group) is 1. The molecule has 0 aliphatic heterocycles. The van der Waals surface area contributed by atoms with Crippen LogP contribution in [0.5, 0.6) is 11.6 Å². The van der Waals surface area contributed by atoms with Crippen LogP contribution in [0.25, 0.3) is 22.2 Å². The van der Waals surface area contributed by atoms with Crippen molar-refractivity contribution in [1.29, 1.82) is 0 Å². The van der Waals surface area contributed by atoms with Crippen LogP contribution in [0.2, 0.25) is 5.02 Å². The standard InChI is InChI=1S/C29H32ClF3N6O2/c1-3-12-39(2)13-10-34-11-14-40-20-5-6-21-24(8-9-35-25(21)16-20)36-27-17-26(22-15-19(30)4-7-23(22)31)37-38-29(27)41-18-28(32)33/h4-9,15-17,28,34H,3,10-14,18H2,1-2H3,(H,35,36,37). The second-order valence-electron chi connectivity index (χ2n) is 9.34. The van der Waals surface area contributed by atoms with Gasteiger partial charge in [-0.15, -0.1) is 10.2 Å². The van der Waals surface area contributed by atoms with Gasteiger partial charge in [0.25, 0.3) is 12.3 Å². The largest absolute Gasteiger partial charge is 0.492 e. The van der Waals surface area contributed by atoms with Crippen molar-refractivity contribution < 1.29 is 22.6 Å². The minimum Gasteiger partial charge on any atom is -0.492 e. The van der Waals surface area contributed by atoms with Crippen molar-refractivity contribution in [3.05, 3.63) is 65.6 Å². The van der Waals surface area contributed by atoms with E-state index in [4.69, 9.17) is 21.1 Å². The topological polar surface area (TPSA) is 84.4 Å². The lowest BCUT2D eigenvalue weighted by Gasteiger charge is -2.16. The van der Waals surface area contributed by atoms with Gasteiger partial charge in [-0.1, -0.05) is 18.5 Å². The number of rotatable bonds is 15. The summed E-state index contributed by atoms with van der Waals surface area (Å²) in [5.74, 6) is -0.0519. The third kappa shape index (κ3) is 8.66. The molecule has 2 aromatic heterocycles. The number of nitrogens with zero attached hydrogens (tertiary/aromatic N) is 4. The second-order valence-corrected chi connectivity index (χ2v) is 9.78. The highest BCUT2D eigenvalue weighted by atomic mass is 35.5. The Morgan fingerprint density at radius 2 is 1.83 bits per heavy atom. The fourth-order valence-corrected chi connectivity index (χ4v) is 4.32. The van der Waals surface area contributed by atoms with Gasteiger partial charge in [0.15, 0.2) is 6.61 Å². The molecule has 0 aliphatic rings. The van der Waals surface area contributed by atoms with Crippen molar-refractivity contribution in [2.24, 2.45) is 0 Å². The normalized spacial score (nSPS) is 11.4. The molecule has 2 aromatic carbocycles. The Balaban J connectivity index is 1.50. The first kappa shape index (κ1) is 30.3. The lowest BCUT2D eigenvalue weighted by atomic mass is 10.1. The first-order chi connectivity index (χ1) is 19.8. The Morgan fingerprint density at radius 1 is 0.976 bits per heavy atom. The van der Waals surface area contributed by atoms with E-state index in [9.17, 15) is 13.2 Å². The van der Waals surface area contributed by atoms with Crippen molar-refractivity contribution in [2.75, 3.05) is 51.8 Å². The number of fused-ring (bicyclic) bond motifs is 1. The van der Waals surface area contributed by atoms with Crippen LogP contribution in [0, 0.1) is 5.82 Å². The van der Waals surface area contributed by atoms with E-state index in [0.29, 0.717) is 35.1 Å². The minimum absolute atomic E-state index is 0.109. The maximum Gasteiger partial charge on any atom is 0.272 e. The van der Waals surface area contributed by atoms with E-state index in [1.54, 1.807) is 12.3 Å². The van der Waals surface area contributed by atoms with E-state index in [0.717, 1.165) is 31.4 Å². The van der Waals surface area contributed by atoms with Crippen LogP contribution in [-0.2, 0) is 0 Å². The quantitative estimate of drug-likeness (QED) is 0.159. The summed E-state index contributed by atoms with van der Waals surface area (Å²) in [4.78, 5) is 6.72. The molecule has 12 heteroatoms. The summed E-state index contributed by atoms with van der Waals surface area (Å²) in [5.41, 5.74) is 1.74. The average Bonchev–Trinajstić information content (AvgIpc) is 2.95. The number of aromatic nitrogens is 3. The van der Waals surface area contributed by atoms with Gasteiger partial charge in [-0.25, -0.2) is 13.2 Å². The minimum atomic E-state index is -2.72. The Kier molecular flexibility index (Phi) is 10.9. The lowest BCUT2D eigenvalue weighted by Crippen LogP contribution is -2.31. The molecule has 4 rings (SSSR count). The molecule has 0 bridgehead atoms. The lowest BCUT2D eigenvalue weighted by molar-refractivity contribution is 0.0795. The Labute approximate surface area is 241 Å². The number of halogens is 4. The molecule has 8 nitrogen and oxygen atoms in total. The van der Waals surface area contributed by atoms with Gasteiger partial charge in [0.05, 0.1) is 11.2 Å². The van der Waals surface area contributed by atoms with E-state index in [1.807, 2.05) is 18.2 Å². The highest BCUT2D eigenvalue weighted by Crippen LogP contribution is 2.34. The first-order valence-corrected chi connectivity index (χ1v) is 13.6. The van der Waals surface area contributed by atoms with Crippen molar-refractivity contribution >= 4 is 33.9 Å². The summed E-state index contributed by atoms with van der Waals surface area (Å²) in [5, 5.41) is 15.5. The number of pyridine rings is 1. The van der Waals surface area contributed by atoms with Crippen LogP contribution >= 0.6 is 11.6 Å². The van der Waals surface area contributed by atoms with Gasteiger partial charge < -0.3 is 25.0 Å². The first-order valence-electron chi connectivity index (χ1n) is 13.3. The molecule has 218 valence electrons. The molecule has 0 saturated heterocycles. The monoisotopic (exact) mass is 588 g/mol. The molecule has 0 saturated carbocycles. The molecule has 0 unspecified atom stereocenters. The van der Waals surface area contributed by atoms with Gasteiger partial charge in [-0.05, 0) is 62.5 Å². The summed E-state index contributed by atoms with van der Waals surface area (Å²) in [6.07, 6.45) is 0.0194. The molecular formula is C29H32ClF3N6O2. The molecule has 0 spiro atoms. The number of benzene rings is 2. The van der Waals surface area contributed by atoms with Crippen LogP contribution in [0.15, 0.2) is 54.7 Å². The van der Waals surface area contributed by atoms with Crippen molar-refractivity contribution in [3.63, 3.8) is 0 Å². The van der Waals surface area contributed by atoms with Crippen LogP contribution in [0.1, 0.15) is 13.3 Å². The smallest absolute Gasteiger partial charge is 0.272 e. The molecule has 0 aliphatic carbocycles. The summed E-state index contributed by atoms with van der Waals surface area (Å²) < 4.78 is 51.4. The number of ether oxygens (including phenoxy) is 2. The van der Waals surface area contributed by atoms with Crippen LogP contribution < -0.4 is 20.1 Å². The zero-order valence-corrected chi connectivity index (χ0v) is 23.6. The number of anilines is 2. The fourth-order valence-electron chi connectivity index (χ4n) is 4.15. The van der Waals surface area contributed by atoms with E-state index < -0.39 is 18.8 Å². The van der Waals surface area contributed by atoms with Crippen LogP contribution in [0.4, 0.5) is 24.5 Å². The van der Waals surface area contributed by atoms with Gasteiger partial charge in [-0.2, -0.15) is 0 Å². The predicted octanol–water partition coefficient (Wildman–Crippen LogP) is 6.18. The highest BCUT2D eigenvalue weighted by Gasteiger charge is 2.16. The molecule has 41 heavy (non-hydrogen) atoms. The van der Waals surface area contributed by atoms with Gasteiger partial charge in [0.1, 0.15) is 23.9 Å². The number of hydrogen-bond donors (Lipinski definition) is 2. The Hall–Kier alpha value is -3.67. The molecule has 0 radical (unpaired) electrons. The molecule has 0 atom stereocenters. The number of nitrogens with one attached hydrogen (secondary N) is 2. The summed E-state index contributed by atoms with van der Waals surface area (Å²) in [7, 11) is 2.10. The van der Waals surface area contributed by atoms with E-state index in [1.165, 1.54) is 24.3 Å². The SMILES string of the molecule is CCCN(C)CCNCCOc1ccc2c(Nc3cc(-c4cc(Cl)ccc4F)nnc3OCC(F)F)ccnc2c1. The average molecular weight is 589 g/mol. The van der Waals surface area contributed by atoms with Crippen LogP contribution in [0.3, 0.4) is 0 Å². The van der Waals surface area contributed by atoms with E-state index in [-0.39, 0.29) is 22.8 Å². The van der Waals surface area contributed by atoms with Crippen molar-refractivity contribution in [1.82, 2.24) is 25.4 Å². The van der Waals surface area contributed by atoms with Gasteiger partial charge in [-0.3, -0.25) is 4.98 Å². The molecule has 0 fully saturated rings. The second kappa shape index (κ2) is 14.8. The zero-order valence-electron chi connectivity index (χ0n) is 22.8. The molecule has 0 amide bonds. The van der Waals surface area contributed by atoms with E-state index in [2.05, 4.69) is 44.7 Å². The van der Waals surface area contributed by atoms with Gasteiger partial charge >= 0.3 is 0 Å². The third-order valence-corrected chi connectivity index (χ3v) is 6.35. The number of alkyl halides is 2. The zero-order chi connectivity index (χ0) is 29.2. The molecular weight excluding hydrogens is 557 g/mol. The molecule has 4 aromatic rings. The maximum absolute atomic E-state index is 14.5. The van der Waals surface area contributed by atoms with Gasteiger partial charge in [0.2, 0.25) is 0 Å². The van der Waals surface area contributed by atoms with Crippen LogP contribution in [-0.4, -0.2) is 72.9 Å². The summed E-state index contributed by atoms with van der Waals surface area (Å²) in [6, 6.07) is 12.7. The molecule has 2 heterocycles. The highest BCUT2D eigenvalue weighted by molar-refractivity contribution is 6.30.